The molecule has 0 aromatic heterocycles. The number of aliphatic carboxylic acids is 2. The van der Waals surface area contributed by atoms with E-state index < -0.39 is 36.2 Å². The van der Waals surface area contributed by atoms with Crippen molar-refractivity contribution >= 4 is 33.5 Å². The van der Waals surface area contributed by atoms with Crippen LogP contribution in [0.2, 0.25) is 0 Å². The number of carboxylic acids is 2. The number of nitrogens with one attached hydrogen (secondary N) is 1. The summed E-state index contributed by atoms with van der Waals surface area (Å²) < 4.78 is 10.5. The molecular weight excluding hydrogens is 428 g/mol. The van der Waals surface area contributed by atoms with Crippen LogP contribution < -0.4 is 11.1 Å². The second-order valence-corrected chi connectivity index (χ2v) is 8.71. The minimum atomic E-state index is -1.11. The largest absolute Gasteiger partial charge is 0.480 e. The highest BCUT2D eigenvalue weighted by molar-refractivity contribution is 8.76. The molecule has 0 rings (SSSR count). The summed E-state index contributed by atoms with van der Waals surface area (Å²) in [6, 6.07) is -1.89. The average molecular weight is 461 g/mol. The van der Waals surface area contributed by atoms with Crippen molar-refractivity contribution in [2.45, 2.75) is 37.1 Å². The number of aliphatic hydroxyl groups excluding tert-OH is 3. The highest BCUT2D eigenvalue weighted by atomic mass is 33.1. The van der Waals surface area contributed by atoms with E-state index in [1.54, 1.807) is 0 Å². The van der Waals surface area contributed by atoms with E-state index >= 15 is 0 Å². The van der Waals surface area contributed by atoms with Crippen LogP contribution in [0.15, 0.2) is 0 Å². The Morgan fingerprint density at radius 3 is 2.00 bits per heavy atom. The molecule has 0 bridgehead atoms. The van der Waals surface area contributed by atoms with Crippen molar-refractivity contribution < 1.29 is 44.6 Å². The van der Waals surface area contributed by atoms with Gasteiger partial charge in [0.1, 0.15) is 18.2 Å². The van der Waals surface area contributed by atoms with Crippen molar-refractivity contribution in [1.82, 2.24) is 5.32 Å². The third-order valence-corrected chi connectivity index (χ3v) is 5.89. The monoisotopic (exact) mass is 460 g/mol. The predicted octanol–water partition coefficient (Wildman–Crippen LogP) is -1.65. The lowest BCUT2D eigenvalue weighted by Gasteiger charge is -2.17. The molecule has 0 saturated carbocycles. The first-order valence-electron chi connectivity index (χ1n) is 9.09. The fourth-order valence-corrected chi connectivity index (χ4v) is 4.07. The van der Waals surface area contributed by atoms with Crippen LogP contribution in [0.5, 0.6) is 0 Å². The van der Waals surface area contributed by atoms with Crippen LogP contribution in [0, 0.1) is 0 Å². The number of carboxylic acid groups (broad SMARTS) is 2. The zero-order chi connectivity index (χ0) is 22.1. The minimum Gasteiger partial charge on any atom is -0.480 e. The Kier molecular flexibility index (Phi) is 17.8. The molecule has 11 nitrogen and oxygen atoms in total. The Balaban J connectivity index is 3.75. The van der Waals surface area contributed by atoms with E-state index in [0.717, 1.165) is 0 Å². The third kappa shape index (κ3) is 16.8. The fourth-order valence-electron chi connectivity index (χ4n) is 1.76. The molecule has 0 aliphatic carbocycles. The number of hydrogen-bond donors (Lipinski definition) is 7. The number of nitrogens with two attached hydrogens (primary N) is 1. The van der Waals surface area contributed by atoms with Crippen molar-refractivity contribution in [3.05, 3.63) is 0 Å². The Morgan fingerprint density at radius 1 is 0.931 bits per heavy atom. The second kappa shape index (κ2) is 18.2. The maximum Gasteiger partial charge on any atom is 0.321 e. The summed E-state index contributed by atoms with van der Waals surface area (Å²) in [6.07, 6.45) is -0.346. The number of aliphatic hydroxyl groups is 3. The van der Waals surface area contributed by atoms with Crippen LogP contribution in [-0.2, 0) is 19.1 Å². The van der Waals surface area contributed by atoms with Crippen molar-refractivity contribution in [3.8, 4) is 0 Å². The molecule has 0 fully saturated rings. The smallest absolute Gasteiger partial charge is 0.321 e. The number of hydrogen-bond acceptors (Lipinski definition) is 11. The van der Waals surface area contributed by atoms with Gasteiger partial charge in [0, 0.05) is 31.3 Å². The summed E-state index contributed by atoms with van der Waals surface area (Å²) >= 11 is 0. The third-order valence-electron chi connectivity index (χ3n) is 3.44. The van der Waals surface area contributed by atoms with Crippen molar-refractivity contribution in [2.24, 2.45) is 5.73 Å². The molecule has 0 saturated heterocycles. The Hall–Kier alpha value is -0.640. The van der Waals surface area contributed by atoms with Gasteiger partial charge in [-0.05, 0) is 12.8 Å². The van der Waals surface area contributed by atoms with E-state index in [-0.39, 0.29) is 37.9 Å². The van der Waals surface area contributed by atoms with Crippen molar-refractivity contribution in [3.63, 3.8) is 0 Å². The summed E-state index contributed by atoms with van der Waals surface area (Å²) in [5.41, 5.74) is 5.36. The maximum atomic E-state index is 11.2. The lowest BCUT2D eigenvalue weighted by atomic mass is 10.3. The van der Waals surface area contributed by atoms with Gasteiger partial charge in [-0.1, -0.05) is 21.6 Å². The molecule has 0 radical (unpaired) electrons. The van der Waals surface area contributed by atoms with Crippen LogP contribution in [0.1, 0.15) is 12.8 Å². The summed E-state index contributed by atoms with van der Waals surface area (Å²) in [6.45, 7) is 0.668. The first-order valence-corrected chi connectivity index (χ1v) is 11.6. The van der Waals surface area contributed by atoms with Gasteiger partial charge in [0.15, 0.2) is 0 Å². The lowest BCUT2D eigenvalue weighted by Crippen LogP contribution is -2.43. The maximum absolute atomic E-state index is 11.2. The molecule has 4 unspecified atom stereocenters. The predicted molar refractivity (Wildman–Crippen MR) is 110 cm³/mol. The molecule has 0 heterocycles. The van der Waals surface area contributed by atoms with E-state index in [1.807, 2.05) is 0 Å². The summed E-state index contributed by atoms with van der Waals surface area (Å²) in [5.74, 6) is -1.83. The standard InChI is InChI=1S/C16H32N2O9S2/c17-13(15(22)23)9-28-29-10-14(16(24)25)18-5-11(20)7-26-3-1-2-4-27-8-12(21)6-19/h11-14,18-21H,1-10,17H2,(H,22,23)(H,24,25). The summed E-state index contributed by atoms with van der Waals surface area (Å²) in [4.78, 5) is 21.8. The van der Waals surface area contributed by atoms with Gasteiger partial charge in [0.05, 0.1) is 25.9 Å². The van der Waals surface area contributed by atoms with Crippen LogP contribution in [0.25, 0.3) is 0 Å². The van der Waals surface area contributed by atoms with E-state index in [9.17, 15) is 19.8 Å². The van der Waals surface area contributed by atoms with E-state index in [1.165, 1.54) is 21.6 Å². The number of unbranched alkanes of at least 4 members (excludes halogenated alkanes) is 1. The van der Waals surface area contributed by atoms with Gasteiger partial charge in [-0.15, -0.1) is 0 Å². The zero-order valence-corrected chi connectivity index (χ0v) is 17.8. The number of ether oxygens (including phenoxy) is 2. The number of rotatable bonds is 20. The molecule has 172 valence electrons. The molecule has 0 spiro atoms. The van der Waals surface area contributed by atoms with Crippen molar-refractivity contribution in [1.29, 1.82) is 0 Å². The molecule has 0 aliphatic rings. The van der Waals surface area contributed by atoms with Gasteiger partial charge in [-0.3, -0.25) is 9.59 Å². The summed E-state index contributed by atoms with van der Waals surface area (Å²) in [7, 11) is 2.38. The molecule has 8 N–H and O–H groups in total. The molecular formula is C16H32N2O9S2. The Bertz CT molecular complexity index is 449. The van der Waals surface area contributed by atoms with E-state index in [2.05, 4.69) is 5.32 Å². The van der Waals surface area contributed by atoms with Crippen molar-refractivity contribution in [2.75, 3.05) is 51.1 Å². The van der Waals surface area contributed by atoms with Gasteiger partial charge in [-0.25, -0.2) is 0 Å². The van der Waals surface area contributed by atoms with Crippen LogP contribution in [0.3, 0.4) is 0 Å². The van der Waals surface area contributed by atoms with Gasteiger partial charge in [-0.2, -0.15) is 0 Å². The molecule has 0 aromatic rings. The average Bonchev–Trinajstić information content (AvgIpc) is 2.68. The molecule has 29 heavy (non-hydrogen) atoms. The van der Waals surface area contributed by atoms with Crippen LogP contribution in [0.4, 0.5) is 0 Å². The molecule has 13 heteroatoms. The Morgan fingerprint density at radius 2 is 1.48 bits per heavy atom. The normalized spacial score (nSPS) is 15.6. The first kappa shape index (κ1) is 28.4. The Labute approximate surface area is 177 Å². The highest BCUT2D eigenvalue weighted by Crippen LogP contribution is 2.22. The van der Waals surface area contributed by atoms with E-state index in [4.69, 9.17) is 30.5 Å². The highest BCUT2D eigenvalue weighted by Gasteiger charge is 2.19. The topological polar surface area (TPSA) is 192 Å². The molecule has 0 aromatic carbocycles. The lowest BCUT2D eigenvalue weighted by molar-refractivity contribution is -0.139. The van der Waals surface area contributed by atoms with Gasteiger partial charge >= 0.3 is 11.9 Å². The quantitative estimate of drug-likeness (QED) is 0.0808. The molecule has 0 amide bonds. The van der Waals surface area contributed by atoms with Crippen LogP contribution >= 0.6 is 21.6 Å². The SMILES string of the molecule is NC(CSSCC(NCC(O)COCCCCOCC(O)CO)C(=O)O)C(=O)O. The summed E-state index contributed by atoms with van der Waals surface area (Å²) in [5, 5.41) is 48.2. The van der Waals surface area contributed by atoms with E-state index in [0.29, 0.717) is 26.1 Å². The van der Waals surface area contributed by atoms with Gasteiger partial charge in [0.25, 0.3) is 0 Å². The first-order chi connectivity index (χ1) is 13.8. The van der Waals surface area contributed by atoms with Crippen LogP contribution in [-0.4, -0.2) is 113 Å². The minimum absolute atomic E-state index is 0.0407. The van der Waals surface area contributed by atoms with Gasteiger partial charge < -0.3 is 46.1 Å². The second-order valence-electron chi connectivity index (χ2n) is 6.16. The fraction of sp³-hybridized carbons (Fsp3) is 0.875. The molecule has 0 aliphatic heterocycles. The zero-order valence-electron chi connectivity index (χ0n) is 16.1. The molecule has 4 atom stereocenters. The number of carbonyl (C=O) groups is 2. The van der Waals surface area contributed by atoms with Gasteiger partial charge in [0.2, 0.25) is 0 Å².